The maximum Gasteiger partial charge on any atom is 0.249 e. The van der Waals surface area contributed by atoms with Crippen LogP contribution in [0.3, 0.4) is 0 Å². The van der Waals surface area contributed by atoms with Crippen molar-refractivity contribution in [1.82, 2.24) is 15.5 Å². The zero-order valence-corrected chi connectivity index (χ0v) is 16.4. The molecule has 0 saturated heterocycles. The molecule has 29 heavy (non-hydrogen) atoms. The molecule has 8 nitrogen and oxygen atoms in total. The smallest absolute Gasteiger partial charge is 0.249 e. The lowest BCUT2D eigenvalue weighted by molar-refractivity contribution is -0.125. The van der Waals surface area contributed by atoms with E-state index < -0.39 is 6.04 Å². The summed E-state index contributed by atoms with van der Waals surface area (Å²) in [5, 5.41) is 14.6. The van der Waals surface area contributed by atoms with Crippen molar-refractivity contribution in [3.8, 4) is 22.1 Å². The van der Waals surface area contributed by atoms with Crippen LogP contribution in [-0.2, 0) is 16.0 Å². The monoisotopic (exact) mass is 410 g/mol. The SMILES string of the molecule is CC(=O)N[C@H](Cc1ccccc1)C(=O)Nc1nnc(-c2ccc3c(c2)OCO3)s1. The van der Waals surface area contributed by atoms with E-state index >= 15 is 0 Å². The number of amides is 2. The summed E-state index contributed by atoms with van der Waals surface area (Å²) in [6.45, 7) is 1.58. The number of fused-ring (bicyclic) bond motifs is 1. The Morgan fingerprint density at radius 2 is 1.90 bits per heavy atom. The average Bonchev–Trinajstić information content (AvgIpc) is 3.36. The molecule has 0 unspecified atom stereocenters. The molecule has 2 aromatic carbocycles. The number of carbonyl (C=O) groups is 2. The number of rotatable bonds is 6. The van der Waals surface area contributed by atoms with Gasteiger partial charge in [0.25, 0.3) is 0 Å². The first-order valence-corrected chi connectivity index (χ1v) is 9.75. The molecule has 0 aliphatic carbocycles. The minimum atomic E-state index is -0.715. The second kappa shape index (κ2) is 8.27. The fourth-order valence-electron chi connectivity index (χ4n) is 2.92. The predicted molar refractivity (Wildman–Crippen MR) is 108 cm³/mol. The Balaban J connectivity index is 1.47. The van der Waals surface area contributed by atoms with Crippen LogP contribution in [0.5, 0.6) is 11.5 Å². The third-order valence-electron chi connectivity index (χ3n) is 4.25. The Morgan fingerprint density at radius 1 is 1.10 bits per heavy atom. The fraction of sp³-hybridized carbons (Fsp3) is 0.200. The van der Waals surface area contributed by atoms with Crippen LogP contribution in [0, 0.1) is 0 Å². The van der Waals surface area contributed by atoms with Crippen LogP contribution in [0.15, 0.2) is 48.5 Å². The van der Waals surface area contributed by atoms with Gasteiger partial charge < -0.3 is 14.8 Å². The lowest BCUT2D eigenvalue weighted by atomic mass is 10.1. The molecule has 2 amide bonds. The largest absolute Gasteiger partial charge is 0.454 e. The van der Waals surface area contributed by atoms with Crippen LogP contribution in [-0.4, -0.2) is 34.8 Å². The molecule has 1 aliphatic heterocycles. The summed E-state index contributed by atoms with van der Waals surface area (Å²) in [5.41, 5.74) is 1.76. The molecular formula is C20H18N4O4S. The zero-order chi connectivity index (χ0) is 20.2. The second-order valence-corrected chi connectivity index (χ2v) is 7.39. The van der Waals surface area contributed by atoms with Crippen molar-refractivity contribution in [3.05, 3.63) is 54.1 Å². The van der Waals surface area contributed by atoms with Gasteiger partial charge in [-0.3, -0.25) is 14.9 Å². The molecule has 148 valence electrons. The number of anilines is 1. The molecule has 3 aromatic rings. The summed E-state index contributed by atoms with van der Waals surface area (Å²) in [7, 11) is 0. The maximum atomic E-state index is 12.7. The fourth-order valence-corrected chi connectivity index (χ4v) is 3.66. The van der Waals surface area contributed by atoms with Gasteiger partial charge in [-0.1, -0.05) is 41.7 Å². The minimum Gasteiger partial charge on any atom is -0.454 e. The Bertz CT molecular complexity index is 1040. The molecule has 0 radical (unpaired) electrons. The van der Waals surface area contributed by atoms with Crippen molar-refractivity contribution in [2.45, 2.75) is 19.4 Å². The second-order valence-electron chi connectivity index (χ2n) is 6.41. The van der Waals surface area contributed by atoms with Crippen molar-refractivity contribution >= 4 is 28.3 Å². The molecule has 1 aliphatic rings. The highest BCUT2D eigenvalue weighted by Gasteiger charge is 2.22. The van der Waals surface area contributed by atoms with Crippen LogP contribution in [0.4, 0.5) is 5.13 Å². The van der Waals surface area contributed by atoms with Crippen molar-refractivity contribution < 1.29 is 19.1 Å². The first kappa shape index (κ1) is 18.9. The number of ether oxygens (including phenoxy) is 2. The standard InChI is InChI=1S/C20H18N4O4S/c1-12(25)21-15(9-13-5-3-2-4-6-13)18(26)22-20-24-23-19(29-20)14-7-8-16-17(10-14)28-11-27-16/h2-8,10,15H,9,11H2,1H3,(H,21,25)(H,22,24,26)/t15-/m1/s1. The highest BCUT2D eigenvalue weighted by Crippen LogP contribution is 2.37. The van der Waals surface area contributed by atoms with Crippen LogP contribution in [0.1, 0.15) is 12.5 Å². The maximum absolute atomic E-state index is 12.7. The summed E-state index contributed by atoms with van der Waals surface area (Å²) in [6, 6.07) is 14.3. The van der Waals surface area contributed by atoms with Gasteiger partial charge in [-0.2, -0.15) is 0 Å². The molecule has 1 atom stereocenters. The van der Waals surface area contributed by atoms with Gasteiger partial charge in [0, 0.05) is 18.9 Å². The third-order valence-corrected chi connectivity index (χ3v) is 5.14. The van der Waals surface area contributed by atoms with Gasteiger partial charge >= 0.3 is 0 Å². The number of hydrogen-bond donors (Lipinski definition) is 2. The van der Waals surface area contributed by atoms with E-state index in [1.165, 1.54) is 18.3 Å². The van der Waals surface area contributed by atoms with Gasteiger partial charge in [0.15, 0.2) is 11.5 Å². The molecule has 2 heterocycles. The first-order chi connectivity index (χ1) is 14.1. The predicted octanol–water partition coefficient (Wildman–Crippen LogP) is 2.62. The van der Waals surface area contributed by atoms with Crippen LogP contribution in [0.2, 0.25) is 0 Å². The first-order valence-electron chi connectivity index (χ1n) is 8.94. The molecule has 0 saturated carbocycles. The normalized spacial score (nSPS) is 13.0. The van der Waals surface area contributed by atoms with Crippen molar-refractivity contribution in [3.63, 3.8) is 0 Å². The molecular weight excluding hydrogens is 392 g/mol. The number of hydrogen-bond acceptors (Lipinski definition) is 7. The third kappa shape index (κ3) is 4.52. The van der Waals surface area contributed by atoms with Crippen LogP contribution in [0.25, 0.3) is 10.6 Å². The van der Waals surface area contributed by atoms with E-state index in [9.17, 15) is 9.59 Å². The number of benzene rings is 2. The molecule has 0 bridgehead atoms. The molecule has 0 fully saturated rings. The van der Waals surface area contributed by atoms with E-state index in [2.05, 4.69) is 20.8 Å². The number of carbonyl (C=O) groups excluding carboxylic acids is 2. The van der Waals surface area contributed by atoms with Gasteiger partial charge in [-0.15, -0.1) is 10.2 Å². The lowest BCUT2D eigenvalue weighted by Gasteiger charge is -2.16. The molecule has 0 spiro atoms. The van der Waals surface area contributed by atoms with Crippen molar-refractivity contribution in [2.75, 3.05) is 12.1 Å². The Hall–Kier alpha value is -3.46. The Morgan fingerprint density at radius 3 is 2.69 bits per heavy atom. The highest BCUT2D eigenvalue weighted by atomic mass is 32.1. The number of aromatic nitrogens is 2. The van der Waals surface area contributed by atoms with Crippen LogP contribution >= 0.6 is 11.3 Å². The topological polar surface area (TPSA) is 102 Å². The minimum absolute atomic E-state index is 0.197. The van der Waals surface area contributed by atoms with Gasteiger partial charge in [0.1, 0.15) is 11.0 Å². The van der Waals surface area contributed by atoms with Crippen LogP contribution < -0.4 is 20.1 Å². The molecule has 1 aromatic heterocycles. The Labute approximate surface area is 170 Å². The summed E-state index contributed by atoms with van der Waals surface area (Å²) >= 11 is 1.24. The lowest BCUT2D eigenvalue weighted by Crippen LogP contribution is -2.44. The summed E-state index contributed by atoms with van der Waals surface area (Å²) < 4.78 is 10.7. The summed E-state index contributed by atoms with van der Waals surface area (Å²) in [4.78, 5) is 24.3. The quantitative estimate of drug-likeness (QED) is 0.648. The summed E-state index contributed by atoms with van der Waals surface area (Å²) in [5.74, 6) is 0.708. The highest BCUT2D eigenvalue weighted by molar-refractivity contribution is 7.18. The number of nitrogens with zero attached hydrogens (tertiary/aromatic N) is 2. The van der Waals surface area contributed by atoms with Crippen molar-refractivity contribution in [1.29, 1.82) is 0 Å². The van der Waals surface area contributed by atoms with Gasteiger partial charge in [-0.05, 0) is 23.8 Å². The molecule has 2 N–H and O–H groups in total. The van der Waals surface area contributed by atoms with Crippen molar-refractivity contribution in [2.24, 2.45) is 0 Å². The van der Waals surface area contributed by atoms with E-state index in [1.54, 1.807) is 0 Å². The average molecular weight is 410 g/mol. The van der Waals surface area contributed by atoms with E-state index in [0.29, 0.717) is 28.1 Å². The molecule has 9 heteroatoms. The van der Waals surface area contributed by atoms with E-state index in [-0.39, 0.29) is 18.6 Å². The summed E-state index contributed by atoms with van der Waals surface area (Å²) in [6.07, 6.45) is 0.375. The van der Waals surface area contributed by atoms with E-state index in [0.717, 1.165) is 11.1 Å². The van der Waals surface area contributed by atoms with Gasteiger partial charge in [0.05, 0.1) is 0 Å². The molecule has 4 rings (SSSR count). The number of nitrogens with one attached hydrogen (secondary N) is 2. The Kier molecular flexibility index (Phi) is 5.39. The van der Waals surface area contributed by atoms with Gasteiger partial charge in [0.2, 0.25) is 23.7 Å². The van der Waals surface area contributed by atoms with Gasteiger partial charge in [-0.25, -0.2) is 0 Å². The zero-order valence-electron chi connectivity index (χ0n) is 15.5. The van der Waals surface area contributed by atoms with E-state index in [1.807, 2.05) is 48.5 Å². The van der Waals surface area contributed by atoms with E-state index in [4.69, 9.17) is 9.47 Å².